The maximum atomic E-state index is 12.7. The maximum absolute atomic E-state index is 12.7. The van der Waals surface area contributed by atoms with Gasteiger partial charge in [-0.15, -0.1) is 0 Å². The number of aliphatic hydroxyl groups is 2. The van der Waals surface area contributed by atoms with E-state index in [0.29, 0.717) is 26.2 Å². The highest BCUT2D eigenvalue weighted by molar-refractivity contribution is 7.89. The van der Waals surface area contributed by atoms with E-state index in [1.165, 1.54) is 16.4 Å². The number of aliphatic hydroxyl groups excluding tert-OH is 2. The molecule has 0 bridgehead atoms. The number of rotatable bonds is 12. The molecular weight excluding hydrogens is 450 g/mol. The molecule has 2 aromatic rings. The van der Waals surface area contributed by atoms with Crippen molar-refractivity contribution in [2.75, 3.05) is 39.4 Å². The second-order valence-electron chi connectivity index (χ2n) is 7.91. The van der Waals surface area contributed by atoms with Gasteiger partial charge in [0.15, 0.2) is 5.75 Å². The van der Waals surface area contributed by atoms with Crippen molar-refractivity contribution in [1.29, 1.82) is 0 Å². The quantitative estimate of drug-likeness (QED) is 0.347. The van der Waals surface area contributed by atoms with E-state index >= 15 is 0 Å². The van der Waals surface area contributed by atoms with Crippen LogP contribution in [0, 0.1) is 10.1 Å². The lowest BCUT2D eigenvalue weighted by Gasteiger charge is -2.24. The summed E-state index contributed by atoms with van der Waals surface area (Å²) in [5, 5.41) is 31.3. The zero-order valence-electron chi connectivity index (χ0n) is 18.2. The van der Waals surface area contributed by atoms with Crippen molar-refractivity contribution < 1.29 is 28.3 Å². The molecule has 1 atom stereocenters. The first kappa shape index (κ1) is 25.1. The molecule has 1 fully saturated rings. The minimum Gasteiger partial charge on any atom is -0.484 e. The van der Waals surface area contributed by atoms with Crippen LogP contribution in [0.1, 0.15) is 18.4 Å². The van der Waals surface area contributed by atoms with Gasteiger partial charge < -0.3 is 14.9 Å². The molecule has 2 aromatic carbocycles. The van der Waals surface area contributed by atoms with E-state index in [9.17, 15) is 28.7 Å². The van der Waals surface area contributed by atoms with Crippen molar-refractivity contribution in [2.45, 2.75) is 30.4 Å². The molecule has 11 heteroatoms. The molecule has 33 heavy (non-hydrogen) atoms. The van der Waals surface area contributed by atoms with Crippen LogP contribution in [-0.4, -0.2) is 78.3 Å². The van der Waals surface area contributed by atoms with Crippen molar-refractivity contribution in [2.24, 2.45) is 0 Å². The number of hydrogen-bond donors (Lipinski definition) is 2. The second kappa shape index (κ2) is 11.5. The monoisotopic (exact) mass is 479 g/mol. The number of nitro benzene ring substituents is 1. The molecule has 3 rings (SSSR count). The molecule has 10 nitrogen and oxygen atoms in total. The molecule has 1 saturated heterocycles. The lowest BCUT2D eigenvalue weighted by Crippen LogP contribution is -2.37. The van der Waals surface area contributed by atoms with Crippen molar-refractivity contribution >= 4 is 15.7 Å². The fraction of sp³-hybridized carbons (Fsp3) is 0.455. The minimum atomic E-state index is -3.80. The summed E-state index contributed by atoms with van der Waals surface area (Å²) in [6.45, 7) is 1.53. The number of ether oxygens (including phenoxy) is 1. The summed E-state index contributed by atoms with van der Waals surface area (Å²) in [5.41, 5.74) is 0.545. The zero-order chi connectivity index (χ0) is 23.8. The third-order valence-corrected chi connectivity index (χ3v) is 7.29. The molecule has 0 unspecified atom stereocenters. The van der Waals surface area contributed by atoms with Crippen LogP contribution in [0.25, 0.3) is 0 Å². The summed E-state index contributed by atoms with van der Waals surface area (Å²) in [4.78, 5) is 12.6. The van der Waals surface area contributed by atoms with E-state index in [0.717, 1.165) is 24.5 Å². The normalized spacial score (nSPS) is 15.6. The van der Waals surface area contributed by atoms with Crippen molar-refractivity contribution in [3.8, 4) is 5.75 Å². The number of hydrogen-bond acceptors (Lipinski definition) is 8. The topological polar surface area (TPSA) is 133 Å². The first-order valence-corrected chi connectivity index (χ1v) is 12.2. The Hall–Kier alpha value is -2.57. The van der Waals surface area contributed by atoms with Crippen LogP contribution in [0.4, 0.5) is 5.69 Å². The van der Waals surface area contributed by atoms with Crippen LogP contribution in [0.15, 0.2) is 53.4 Å². The molecule has 0 radical (unpaired) electrons. The third kappa shape index (κ3) is 6.71. The Morgan fingerprint density at radius 2 is 1.85 bits per heavy atom. The molecule has 2 N–H and O–H groups in total. The third-order valence-electron chi connectivity index (χ3n) is 5.40. The average Bonchev–Trinajstić information content (AvgIpc) is 3.34. The van der Waals surface area contributed by atoms with Gasteiger partial charge in [-0.3, -0.25) is 15.0 Å². The van der Waals surface area contributed by atoms with Gasteiger partial charge in [-0.2, -0.15) is 4.31 Å². The first-order valence-electron chi connectivity index (χ1n) is 10.8. The van der Waals surface area contributed by atoms with Gasteiger partial charge in [0.2, 0.25) is 10.0 Å². The largest absolute Gasteiger partial charge is 0.484 e. The molecule has 0 amide bonds. The highest BCUT2D eigenvalue weighted by Gasteiger charge is 2.30. The summed E-state index contributed by atoms with van der Waals surface area (Å²) in [6, 6.07) is 13.1. The van der Waals surface area contributed by atoms with E-state index in [2.05, 4.69) is 0 Å². The highest BCUT2D eigenvalue weighted by atomic mass is 32.2. The van der Waals surface area contributed by atoms with Crippen molar-refractivity contribution in [3.63, 3.8) is 0 Å². The van der Waals surface area contributed by atoms with E-state index in [1.54, 1.807) is 0 Å². The zero-order valence-corrected chi connectivity index (χ0v) is 19.1. The van der Waals surface area contributed by atoms with Gasteiger partial charge in [0.05, 0.1) is 16.4 Å². The van der Waals surface area contributed by atoms with Crippen LogP contribution in [0.3, 0.4) is 0 Å². The molecule has 1 aliphatic heterocycles. The van der Waals surface area contributed by atoms with Gasteiger partial charge in [0, 0.05) is 38.8 Å². The Morgan fingerprint density at radius 1 is 1.15 bits per heavy atom. The molecule has 0 spiro atoms. The molecular formula is C22H29N3O7S. The van der Waals surface area contributed by atoms with Crippen LogP contribution in [0.2, 0.25) is 0 Å². The van der Waals surface area contributed by atoms with Gasteiger partial charge >= 0.3 is 5.69 Å². The lowest BCUT2D eigenvalue weighted by atomic mass is 10.2. The SMILES string of the molecule is O=[N+]([O-])c1cc(S(=O)(=O)N2CCCC2)ccc1OC[C@@H](O)CN(CCO)Cc1ccccc1. The van der Waals surface area contributed by atoms with Crippen molar-refractivity contribution in [1.82, 2.24) is 9.21 Å². The summed E-state index contributed by atoms with van der Waals surface area (Å²) in [6.07, 6.45) is 0.545. The Labute approximate surface area is 193 Å². The Balaban J connectivity index is 1.66. The molecule has 1 aliphatic rings. The van der Waals surface area contributed by atoms with E-state index in [1.807, 2.05) is 35.2 Å². The molecule has 0 aliphatic carbocycles. The predicted octanol–water partition coefficient (Wildman–Crippen LogP) is 1.61. The Kier molecular flexibility index (Phi) is 8.75. The van der Waals surface area contributed by atoms with Gasteiger partial charge in [0.1, 0.15) is 12.7 Å². The van der Waals surface area contributed by atoms with E-state index in [4.69, 9.17) is 4.74 Å². The van der Waals surface area contributed by atoms with Gasteiger partial charge in [-0.05, 0) is 30.5 Å². The number of sulfonamides is 1. The fourth-order valence-electron chi connectivity index (χ4n) is 3.75. The second-order valence-corrected chi connectivity index (χ2v) is 9.84. The van der Waals surface area contributed by atoms with Crippen LogP contribution >= 0.6 is 0 Å². The number of nitrogens with zero attached hydrogens (tertiary/aromatic N) is 3. The van der Waals surface area contributed by atoms with Crippen LogP contribution in [0.5, 0.6) is 5.75 Å². The Morgan fingerprint density at radius 3 is 2.48 bits per heavy atom. The first-order chi connectivity index (χ1) is 15.8. The summed E-state index contributed by atoms with van der Waals surface area (Å²) >= 11 is 0. The maximum Gasteiger partial charge on any atom is 0.312 e. The van der Waals surface area contributed by atoms with E-state index in [-0.39, 0.29) is 30.4 Å². The molecule has 0 aromatic heterocycles. The smallest absolute Gasteiger partial charge is 0.312 e. The lowest BCUT2D eigenvalue weighted by molar-refractivity contribution is -0.386. The van der Waals surface area contributed by atoms with Gasteiger partial charge in [0.25, 0.3) is 0 Å². The molecule has 1 heterocycles. The van der Waals surface area contributed by atoms with E-state index < -0.39 is 26.7 Å². The van der Waals surface area contributed by atoms with Crippen LogP contribution in [-0.2, 0) is 16.6 Å². The molecule has 0 saturated carbocycles. The van der Waals surface area contributed by atoms with Crippen molar-refractivity contribution in [3.05, 3.63) is 64.2 Å². The molecule has 180 valence electrons. The predicted molar refractivity (Wildman–Crippen MR) is 121 cm³/mol. The highest BCUT2D eigenvalue weighted by Crippen LogP contribution is 2.32. The average molecular weight is 480 g/mol. The standard InChI is InChI=1S/C22H29N3O7S/c26-13-12-23(15-18-6-2-1-3-7-18)16-19(27)17-32-22-9-8-20(14-21(22)25(28)29)33(30,31)24-10-4-5-11-24/h1-3,6-9,14,19,26-27H,4-5,10-13,15-17H2/t19-/m0/s1. The summed E-state index contributed by atoms with van der Waals surface area (Å²) < 4.78 is 32.2. The minimum absolute atomic E-state index is 0.0845. The fourth-order valence-corrected chi connectivity index (χ4v) is 5.29. The van der Waals surface area contributed by atoms with Gasteiger partial charge in [-0.25, -0.2) is 8.42 Å². The number of nitro groups is 1. The summed E-state index contributed by atoms with van der Waals surface area (Å²) in [5.74, 6) is -0.115. The van der Waals surface area contributed by atoms with Crippen LogP contribution < -0.4 is 4.74 Å². The van der Waals surface area contributed by atoms with Gasteiger partial charge in [-0.1, -0.05) is 30.3 Å². The summed E-state index contributed by atoms with van der Waals surface area (Å²) in [7, 11) is -3.80. The Bertz CT molecular complexity index is 1030. The number of benzene rings is 2.